The number of benzene rings is 1. The maximum atomic E-state index is 12.5. The van der Waals surface area contributed by atoms with E-state index in [1.165, 1.54) is 62.3 Å². The molecule has 0 aliphatic heterocycles. The van der Waals surface area contributed by atoms with Gasteiger partial charge in [0.05, 0.1) is 40.8 Å². The Morgan fingerprint density at radius 2 is 1.11 bits per heavy atom. The maximum absolute atomic E-state index is 12.5. The monoisotopic (exact) mass is 1160 g/mol. The smallest absolute Gasteiger partial charge is 0.224 e. The van der Waals surface area contributed by atoms with Crippen molar-refractivity contribution in [2.24, 2.45) is 5.92 Å². The number of rotatable bonds is 21. The highest BCUT2D eigenvalue weighted by Crippen LogP contribution is 2.23. The molecular formula is C67H101FN12O2S. The third-order valence-corrected chi connectivity index (χ3v) is 11.8. The lowest BCUT2D eigenvalue weighted by molar-refractivity contribution is -0.120. The normalized spacial score (nSPS) is 11.5. The van der Waals surface area contributed by atoms with Gasteiger partial charge in [-0.1, -0.05) is 88.7 Å². The molecule has 16 heteroatoms. The molecule has 1 aliphatic rings. The first-order valence-corrected chi connectivity index (χ1v) is 29.7. The molecule has 5 heterocycles. The number of carbonyl (C=O) groups is 1. The predicted octanol–water partition coefficient (Wildman–Crippen LogP) is 14.4. The van der Waals surface area contributed by atoms with Gasteiger partial charge in [-0.15, -0.1) is 5.10 Å². The van der Waals surface area contributed by atoms with Crippen molar-refractivity contribution in [2.45, 2.75) is 178 Å². The number of carbonyl (C=O) groups excluding carboxylic acids is 1. The Hall–Kier alpha value is -7.43. The Kier molecular flexibility index (Phi) is 38.4. The second kappa shape index (κ2) is 43.3. The zero-order valence-corrected chi connectivity index (χ0v) is 53.3. The lowest BCUT2D eigenvalue weighted by Crippen LogP contribution is -2.31. The molecule has 7 rings (SSSR count). The fourth-order valence-corrected chi connectivity index (χ4v) is 7.91. The highest BCUT2D eigenvalue weighted by Gasteiger charge is 2.13. The number of pyridine rings is 3. The first kappa shape index (κ1) is 73.6. The van der Waals surface area contributed by atoms with E-state index < -0.39 is 0 Å². The van der Waals surface area contributed by atoms with Gasteiger partial charge in [0.1, 0.15) is 11.6 Å². The van der Waals surface area contributed by atoms with Crippen molar-refractivity contribution in [1.82, 2.24) is 61.8 Å². The number of halogens is 1. The first-order valence-electron chi connectivity index (χ1n) is 28.9. The number of nitrogens with zero attached hydrogens (tertiary/aromatic N) is 5. The molecule has 0 bridgehead atoms. The van der Waals surface area contributed by atoms with Gasteiger partial charge in [-0.25, -0.2) is 4.39 Å². The summed E-state index contributed by atoms with van der Waals surface area (Å²) in [6.45, 7) is 49.7. The van der Waals surface area contributed by atoms with E-state index in [1.807, 2.05) is 68.4 Å². The van der Waals surface area contributed by atoms with Crippen LogP contribution in [0.3, 0.4) is 0 Å². The van der Waals surface area contributed by atoms with Crippen LogP contribution in [0.15, 0.2) is 160 Å². The van der Waals surface area contributed by atoms with E-state index in [1.54, 1.807) is 55.6 Å². The molecule has 0 saturated heterocycles. The number of aromatic nitrogens is 5. The van der Waals surface area contributed by atoms with E-state index in [0.29, 0.717) is 42.7 Å². The lowest BCUT2D eigenvalue weighted by Gasteiger charge is -2.22. The van der Waals surface area contributed by atoms with Gasteiger partial charge < -0.3 is 41.6 Å². The summed E-state index contributed by atoms with van der Waals surface area (Å²) in [7, 11) is 0. The number of hydrogen-bond acceptors (Lipinski definition) is 14. The molecule has 83 heavy (non-hydrogen) atoms. The molecule has 1 saturated carbocycles. The van der Waals surface area contributed by atoms with Crippen LogP contribution < -0.4 is 37.2 Å². The van der Waals surface area contributed by atoms with Crippen molar-refractivity contribution in [3.63, 3.8) is 0 Å². The molecule has 7 N–H and O–H groups in total. The summed E-state index contributed by atoms with van der Waals surface area (Å²) >= 11 is 1.35. The van der Waals surface area contributed by atoms with E-state index in [9.17, 15) is 9.18 Å². The molecule has 1 aliphatic carbocycles. The Morgan fingerprint density at radius 1 is 0.554 bits per heavy atom. The SMILES string of the molecule is C=C(NC(C)C)c1ccccn1.C=C(NC(C)C)c1cccnc1.C=C(NC(C)C)c1ccco1.C=C(NC(C)C)c1ccncc1.C=C(NC(C)C)c1cnns1.CC(C)NC(=O)Cc1ccc(F)cc1.CC(C)NCC1CCCCC1. The number of amides is 1. The zero-order valence-electron chi connectivity index (χ0n) is 52.5. The molecule has 6 aromatic rings. The third kappa shape index (κ3) is 38.1. The van der Waals surface area contributed by atoms with Crippen LogP contribution in [0.2, 0.25) is 0 Å². The van der Waals surface area contributed by atoms with Crippen LogP contribution in [0.1, 0.15) is 162 Å². The van der Waals surface area contributed by atoms with Crippen molar-refractivity contribution >= 4 is 45.9 Å². The van der Waals surface area contributed by atoms with E-state index >= 15 is 0 Å². The van der Waals surface area contributed by atoms with Crippen molar-refractivity contribution < 1.29 is 13.6 Å². The predicted molar refractivity (Wildman–Crippen MR) is 351 cm³/mol. The van der Waals surface area contributed by atoms with Gasteiger partial charge in [0.25, 0.3) is 0 Å². The molecule has 1 aromatic carbocycles. The van der Waals surface area contributed by atoms with Crippen LogP contribution in [0.5, 0.6) is 0 Å². The Labute approximate surface area is 503 Å². The summed E-state index contributed by atoms with van der Waals surface area (Å²) in [6, 6.07) is 26.1. The Balaban J connectivity index is 0.000000485. The van der Waals surface area contributed by atoms with Gasteiger partial charge in [-0.2, -0.15) is 0 Å². The van der Waals surface area contributed by atoms with Gasteiger partial charge in [0.2, 0.25) is 5.91 Å². The third-order valence-electron chi connectivity index (χ3n) is 11.1. The van der Waals surface area contributed by atoms with E-state index in [4.69, 9.17) is 4.42 Å². The van der Waals surface area contributed by atoms with E-state index in [-0.39, 0.29) is 17.8 Å². The topological polar surface area (TPSA) is 179 Å². The molecular weight excluding hydrogens is 1060 g/mol. The lowest BCUT2D eigenvalue weighted by atomic mass is 9.89. The van der Waals surface area contributed by atoms with Gasteiger partial charge in [0.15, 0.2) is 0 Å². The van der Waals surface area contributed by atoms with Crippen LogP contribution in [0.25, 0.3) is 28.5 Å². The summed E-state index contributed by atoms with van der Waals surface area (Å²) in [6.07, 6.45) is 19.8. The first-order chi connectivity index (χ1) is 39.4. The molecule has 1 fully saturated rings. The van der Waals surface area contributed by atoms with Gasteiger partial charge in [-0.3, -0.25) is 19.7 Å². The van der Waals surface area contributed by atoms with E-state index in [0.717, 1.165) is 67.4 Å². The van der Waals surface area contributed by atoms with Crippen LogP contribution in [-0.2, 0) is 11.2 Å². The molecule has 1 amide bonds. The van der Waals surface area contributed by atoms with Crippen molar-refractivity contribution in [3.8, 4) is 0 Å². The summed E-state index contributed by atoms with van der Waals surface area (Å²) in [5.41, 5.74) is 8.37. The summed E-state index contributed by atoms with van der Waals surface area (Å²) < 4.78 is 21.4. The molecule has 454 valence electrons. The standard InChI is InChI=1S/C11H14FNO.3C10H14N2.C10H21N.C9H13NO.C7H11N3S/c1-8(2)13-11(14)7-9-3-5-10(12)6-4-9;1-8(2)12-9(3)10-4-6-11-7-5-10;1-8(2)12-9(3)10-5-4-6-11-7-10;1-8(2)12-9(3)10-6-4-5-7-11-10;1-9(2)11-8-10-6-4-3-5-7-10;1-7(2)10-8(3)9-5-4-6-11-9;1-5(2)9-6(3)7-4-8-10-11-7/h3-6,8H,7H2,1-2H3,(H,13,14);3*4-8,12H,3H2,1-2H3;9-11H,3-8H2,1-2H3;4-7,10H,3H2,1-2H3;4-5,9H,3H2,1-2H3. The van der Waals surface area contributed by atoms with Crippen LogP contribution >= 0.6 is 11.5 Å². The molecule has 0 spiro atoms. The largest absolute Gasteiger partial charge is 0.463 e. The molecule has 5 aromatic heterocycles. The second-order valence-corrected chi connectivity index (χ2v) is 22.7. The fourth-order valence-electron chi connectivity index (χ4n) is 7.47. The van der Waals surface area contributed by atoms with Crippen LogP contribution in [-0.4, -0.2) is 79.3 Å². The highest BCUT2D eigenvalue weighted by atomic mass is 32.1. The van der Waals surface area contributed by atoms with Gasteiger partial charge in [-0.05, 0) is 186 Å². The number of nitrogens with one attached hydrogen (secondary N) is 7. The minimum absolute atomic E-state index is 0.0355. The summed E-state index contributed by atoms with van der Waals surface area (Å²) in [5.74, 6) is 1.47. The van der Waals surface area contributed by atoms with E-state index in [2.05, 4.69) is 178 Å². The second-order valence-electron chi connectivity index (χ2n) is 21.9. The summed E-state index contributed by atoms with van der Waals surface area (Å²) in [5, 5.41) is 26.0. The minimum atomic E-state index is -0.280. The van der Waals surface area contributed by atoms with Crippen LogP contribution in [0, 0.1) is 11.7 Å². The van der Waals surface area contributed by atoms with Gasteiger partial charge in [0, 0.05) is 101 Å². The Bertz CT molecular complexity index is 2450. The molecule has 0 unspecified atom stereocenters. The maximum Gasteiger partial charge on any atom is 0.224 e. The summed E-state index contributed by atoms with van der Waals surface area (Å²) in [4.78, 5) is 24.4. The fraction of sp³-hybridized carbons (Fsp3) is 0.433. The quantitative estimate of drug-likeness (QED) is 0.0362. The van der Waals surface area contributed by atoms with Crippen molar-refractivity contribution in [3.05, 3.63) is 194 Å². The molecule has 0 atom stereocenters. The van der Waals surface area contributed by atoms with Crippen LogP contribution in [0.4, 0.5) is 4.39 Å². The number of furan rings is 1. The molecule has 14 nitrogen and oxygen atoms in total. The molecule has 0 radical (unpaired) electrons. The van der Waals surface area contributed by atoms with Crippen molar-refractivity contribution in [2.75, 3.05) is 6.54 Å². The Morgan fingerprint density at radius 3 is 1.59 bits per heavy atom. The van der Waals surface area contributed by atoms with Gasteiger partial charge >= 0.3 is 0 Å². The average Bonchev–Trinajstić information content (AvgIpc) is 4.20. The average molecular weight is 1160 g/mol. The zero-order chi connectivity index (χ0) is 62.1. The number of hydrogen-bond donors (Lipinski definition) is 7. The highest BCUT2D eigenvalue weighted by molar-refractivity contribution is 7.06. The van der Waals surface area contributed by atoms with Crippen molar-refractivity contribution in [1.29, 1.82) is 0 Å². The minimum Gasteiger partial charge on any atom is -0.463 e.